The van der Waals surface area contributed by atoms with E-state index in [4.69, 9.17) is 5.73 Å². The van der Waals surface area contributed by atoms with Gasteiger partial charge in [-0.2, -0.15) is 0 Å². The lowest BCUT2D eigenvalue weighted by Gasteiger charge is -2.23. The standard InChI is InChI=1S/C17H21NS/c1-3-16(18)17(14-11-9-13(2)10-12-14)19-15-7-5-4-6-8-15/h4-12,16-17H,3,18H2,1-2H3. The molecule has 19 heavy (non-hydrogen) atoms. The normalized spacial score (nSPS) is 14.1. The van der Waals surface area contributed by atoms with E-state index in [0.29, 0.717) is 5.25 Å². The zero-order valence-corrected chi connectivity index (χ0v) is 12.4. The largest absolute Gasteiger partial charge is 0.326 e. The molecule has 2 unspecified atom stereocenters. The fourth-order valence-corrected chi connectivity index (χ4v) is 3.29. The van der Waals surface area contributed by atoms with E-state index in [-0.39, 0.29) is 6.04 Å². The minimum Gasteiger partial charge on any atom is -0.326 e. The molecular formula is C17H21NS. The second-order valence-corrected chi connectivity index (χ2v) is 6.05. The second-order valence-electron chi connectivity index (χ2n) is 4.83. The first-order valence-corrected chi connectivity index (χ1v) is 7.62. The lowest BCUT2D eigenvalue weighted by atomic mass is 10.0. The molecule has 2 atom stereocenters. The molecule has 0 saturated carbocycles. The van der Waals surface area contributed by atoms with Gasteiger partial charge in [0.15, 0.2) is 0 Å². The van der Waals surface area contributed by atoms with Gasteiger partial charge in [-0.1, -0.05) is 55.0 Å². The third kappa shape index (κ3) is 3.85. The summed E-state index contributed by atoms with van der Waals surface area (Å²) in [5.41, 5.74) is 8.92. The second kappa shape index (κ2) is 6.78. The van der Waals surface area contributed by atoms with Crippen molar-refractivity contribution in [2.45, 2.75) is 36.5 Å². The molecule has 0 saturated heterocycles. The Bertz CT molecular complexity index is 492. The van der Waals surface area contributed by atoms with Crippen molar-refractivity contribution in [3.05, 3.63) is 65.7 Å². The summed E-state index contributed by atoms with van der Waals surface area (Å²) in [4.78, 5) is 1.27. The van der Waals surface area contributed by atoms with Crippen LogP contribution in [-0.2, 0) is 0 Å². The minimum absolute atomic E-state index is 0.174. The van der Waals surface area contributed by atoms with Crippen LogP contribution in [0.3, 0.4) is 0 Å². The van der Waals surface area contributed by atoms with Crippen LogP contribution in [0.1, 0.15) is 29.7 Å². The van der Waals surface area contributed by atoms with Gasteiger partial charge in [0.25, 0.3) is 0 Å². The summed E-state index contributed by atoms with van der Waals surface area (Å²) in [5, 5.41) is 0.313. The molecule has 2 aromatic rings. The quantitative estimate of drug-likeness (QED) is 0.806. The molecule has 1 nitrogen and oxygen atoms in total. The Kier molecular flexibility index (Phi) is 5.06. The number of aryl methyl sites for hydroxylation is 1. The first kappa shape index (κ1) is 14.2. The number of hydrogen-bond donors (Lipinski definition) is 1. The average molecular weight is 271 g/mol. The number of thioether (sulfide) groups is 1. The minimum atomic E-state index is 0.174. The van der Waals surface area contributed by atoms with Crippen LogP contribution < -0.4 is 5.73 Å². The molecule has 2 rings (SSSR count). The van der Waals surface area contributed by atoms with Gasteiger partial charge in [0.05, 0.1) is 0 Å². The zero-order valence-electron chi connectivity index (χ0n) is 11.5. The summed E-state index contributed by atoms with van der Waals surface area (Å²) in [6.07, 6.45) is 0.985. The van der Waals surface area contributed by atoms with Crippen LogP contribution in [0.25, 0.3) is 0 Å². The fraction of sp³-hybridized carbons (Fsp3) is 0.294. The van der Waals surface area contributed by atoms with Gasteiger partial charge in [-0.15, -0.1) is 11.8 Å². The Hall–Kier alpha value is -1.25. The van der Waals surface area contributed by atoms with Gasteiger partial charge in [0.2, 0.25) is 0 Å². The molecule has 100 valence electrons. The van der Waals surface area contributed by atoms with Gasteiger partial charge >= 0.3 is 0 Å². The lowest BCUT2D eigenvalue weighted by Crippen LogP contribution is -2.25. The maximum atomic E-state index is 6.31. The van der Waals surface area contributed by atoms with E-state index in [9.17, 15) is 0 Å². The predicted octanol–water partition coefficient (Wildman–Crippen LogP) is 4.57. The van der Waals surface area contributed by atoms with E-state index in [0.717, 1.165) is 6.42 Å². The number of benzene rings is 2. The first-order valence-electron chi connectivity index (χ1n) is 6.74. The molecule has 0 aliphatic rings. The molecule has 0 aliphatic carbocycles. The monoisotopic (exact) mass is 271 g/mol. The maximum Gasteiger partial charge on any atom is 0.0495 e. The smallest absolute Gasteiger partial charge is 0.0495 e. The molecule has 0 spiro atoms. The third-order valence-corrected chi connectivity index (χ3v) is 4.69. The van der Waals surface area contributed by atoms with Crippen molar-refractivity contribution in [1.82, 2.24) is 0 Å². The van der Waals surface area contributed by atoms with Crippen molar-refractivity contribution in [2.24, 2.45) is 5.73 Å². The van der Waals surface area contributed by atoms with E-state index in [2.05, 4.69) is 62.4 Å². The fourth-order valence-electron chi connectivity index (χ4n) is 2.02. The first-order chi connectivity index (χ1) is 9.20. The van der Waals surface area contributed by atoms with E-state index < -0.39 is 0 Å². The van der Waals surface area contributed by atoms with Gasteiger partial charge < -0.3 is 5.73 Å². The molecule has 0 fully saturated rings. The van der Waals surface area contributed by atoms with Crippen molar-refractivity contribution in [2.75, 3.05) is 0 Å². The zero-order chi connectivity index (χ0) is 13.7. The predicted molar refractivity (Wildman–Crippen MR) is 84.5 cm³/mol. The van der Waals surface area contributed by atoms with Crippen LogP contribution in [0.15, 0.2) is 59.5 Å². The molecule has 0 amide bonds. The Balaban J connectivity index is 2.23. The summed E-state index contributed by atoms with van der Waals surface area (Å²) in [7, 11) is 0. The highest BCUT2D eigenvalue weighted by molar-refractivity contribution is 7.99. The third-order valence-electron chi connectivity index (χ3n) is 3.27. The van der Waals surface area contributed by atoms with Gasteiger partial charge in [-0.25, -0.2) is 0 Å². The molecule has 0 radical (unpaired) electrons. The Morgan fingerprint density at radius 3 is 2.21 bits per heavy atom. The molecule has 0 bridgehead atoms. The van der Waals surface area contributed by atoms with Crippen molar-refractivity contribution in [3.8, 4) is 0 Å². The highest BCUT2D eigenvalue weighted by atomic mass is 32.2. The highest BCUT2D eigenvalue weighted by Gasteiger charge is 2.19. The summed E-state index contributed by atoms with van der Waals surface area (Å²) >= 11 is 1.86. The maximum absolute atomic E-state index is 6.31. The van der Waals surface area contributed by atoms with Crippen LogP contribution in [0.5, 0.6) is 0 Å². The van der Waals surface area contributed by atoms with Crippen LogP contribution in [0.4, 0.5) is 0 Å². The van der Waals surface area contributed by atoms with Crippen molar-refractivity contribution in [1.29, 1.82) is 0 Å². The van der Waals surface area contributed by atoms with Crippen LogP contribution in [0, 0.1) is 6.92 Å². The van der Waals surface area contributed by atoms with Crippen molar-refractivity contribution >= 4 is 11.8 Å². The SMILES string of the molecule is CCC(N)C(Sc1ccccc1)c1ccc(C)cc1. The van der Waals surface area contributed by atoms with Crippen molar-refractivity contribution < 1.29 is 0 Å². The average Bonchev–Trinajstić information content (AvgIpc) is 2.46. The van der Waals surface area contributed by atoms with Gasteiger partial charge in [0.1, 0.15) is 0 Å². The molecule has 2 aromatic carbocycles. The van der Waals surface area contributed by atoms with Gasteiger partial charge in [-0.3, -0.25) is 0 Å². The molecule has 0 aliphatic heterocycles. The van der Waals surface area contributed by atoms with Gasteiger partial charge in [-0.05, 0) is 31.0 Å². The summed E-state index contributed by atoms with van der Waals surface area (Å²) in [6, 6.07) is 19.4. The number of rotatable bonds is 5. The summed E-state index contributed by atoms with van der Waals surface area (Å²) in [5.74, 6) is 0. The molecular weight excluding hydrogens is 250 g/mol. The summed E-state index contributed by atoms with van der Waals surface area (Å²) < 4.78 is 0. The van der Waals surface area contributed by atoms with Crippen LogP contribution in [-0.4, -0.2) is 6.04 Å². The van der Waals surface area contributed by atoms with Crippen LogP contribution >= 0.6 is 11.8 Å². The van der Waals surface area contributed by atoms with E-state index in [1.807, 2.05) is 17.8 Å². The Morgan fingerprint density at radius 2 is 1.63 bits per heavy atom. The molecule has 2 N–H and O–H groups in total. The number of nitrogens with two attached hydrogens (primary N) is 1. The van der Waals surface area contributed by atoms with E-state index >= 15 is 0 Å². The molecule has 0 heterocycles. The van der Waals surface area contributed by atoms with Gasteiger partial charge in [0, 0.05) is 16.2 Å². The Labute approximate surface area is 120 Å². The van der Waals surface area contributed by atoms with Crippen LogP contribution in [0.2, 0.25) is 0 Å². The van der Waals surface area contributed by atoms with E-state index in [1.165, 1.54) is 16.0 Å². The van der Waals surface area contributed by atoms with Crippen molar-refractivity contribution in [3.63, 3.8) is 0 Å². The molecule has 2 heteroatoms. The summed E-state index contributed by atoms with van der Waals surface area (Å²) in [6.45, 7) is 4.26. The van der Waals surface area contributed by atoms with E-state index in [1.54, 1.807) is 0 Å². The highest BCUT2D eigenvalue weighted by Crippen LogP contribution is 2.37. The topological polar surface area (TPSA) is 26.0 Å². The number of hydrogen-bond acceptors (Lipinski definition) is 2. The molecule has 0 aromatic heterocycles. The Morgan fingerprint density at radius 1 is 1.00 bits per heavy atom. The lowest BCUT2D eigenvalue weighted by molar-refractivity contribution is 0.634.